The van der Waals surface area contributed by atoms with Crippen molar-refractivity contribution in [2.24, 2.45) is 0 Å². The van der Waals surface area contributed by atoms with Crippen LogP contribution in [0.25, 0.3) is 11.5 Å². The van der Waals surface area contributed by atoms with Gasteiger partial charge in [-0.05, 0) is 13.8 Å². The van der Waals surface area contributed by atoms with Crippen molar-refractivity contribution in [2.45, 2.75) is 20.4 Å². The summed E-state index contributed by atoms with van der Waals surface area (Å²) < 4.78 is 1.94. The highest BCUT2D eigenvalue weighted by Crippen LogP contribution is 2.19. The fraction of sp³-hybridized carbons (Fsp3) is 0.333. The Morgan fingerprint density at radius 2 is 2.00 bits per heavy atom. The summed E-state index contributed by atoms with van der Waals surface area (Å²) in [5.41, 5.74) is 6.31. The lowest BCUT2D eigenvalue weighted by atomic mass is 10.3. The van der Waals surface area contributed by atoms with Gasteiger partial charge in [0.1, 0.15) is 11.5 Å². The van der Waals surface area contributed by atoms with Gasteiger partial charge in [0, 0.05) is 18.9 Å². The summed E-state index contributed by atoms with van der Waals surface area (Å²) in [5, 5.41) is 8.04. The van der Waals surface area contributed by atoms with E-state index in [4.69, 9.17) is 5.73 Å². The van der Waals surface area contributed by atoms with Gasteiger partial charge in [-0.15, -0.1) is 10.2 Å². The van der Waals surface area contributed by atoms with E-state index in [0.29, 0.717) is 17.3 Å². The summed E-state index contributed by atoms with van der Waals surface area (Å²) in [4.78, 5) is 8.13. The molecule has 0 fully saturated rings. The molecule has 0 aromatic carbocycles. The van der Waals surface area contributed by atoms with Gasteiger partial charge in [0.15, 0.2) is 11.6 Å². The molecule has 6 nitrogen and oxygen atoms in total. The molecule has 0 aliphatic heterocycles. The molecule has 0 unspecified atom stereocenters. The van der Waals surface area contributed by atoms with Gasteiger partial charge >= 0.3 is 0 Å². The van der Waals surface area contributed by atoms with Crippen molar-refractivity contribution >= 4 is 5.82 Å². The Kier molecular flexibility index (Phi) is 2.32. The van der Waals surface area contributed by atoms with Gasteiger partial charge in [-0.1, -0.05) is 0 Å². The molecule has 6 heteroatoms. The van der Waals surface area contributed by atoms with Crippen LogP contribution in [0.5, 0.6) is 0 Å². The van der Waals surface area contributed by atoms with Crippen molar-refractivity contribution in [3.63, 3.8) is 0 Å². The Morgan fingerprint density at radius 3 is 2.67 bits per heavy atom. The summed E-state index contributed by atoms with van der Waals surface area (Å²) in [5.74, 6) is 1.89. The van der Waals surface area contributed by atoms with Gasteiger partial charge in [0.2, 0.25) is 0 Å². The predicted molar refractivity (Wildman–Crippen MR) is 55.9 cm³/mol. The summed E-state index contributed by atoms with van der Waals surface area (Å²) in [6, 6.07) is 0. The molecule has 0 atom stereocenters. The lowest BCUT2D eigenvalue weighted by Gasteiger charge is -2.05. The van der Waals surface area contributed by atoms with Gasteiger partial charge in [-0.3, -0.25) is 0 Å². The SMILES string of the molecule is CCn1c(C)nnc1-c1nccnc1N. The molecule has 0 saturated heterocycles. The van der Waals surface area contributed by atoms with Crippen LogP contribution >= 0.6 is 0 Å². The normalized spacial score (nSPS) is 10.5. The van der Waals surface area contributed by atoms with Crippen LogP contribution in [0, 0.1) is 6.92 Å². The van der Waals surface area contributed by atoms with Crippen molar-refractivity contribution in [1.29, 1.82) is 0 Å². The topological polar surface area (TPSA) is 82.5 Å². The van der Waals surface area contributed by atoms with Crippen LogP contribution in [-0.2, 0) is 6.54 Å². The van der Waals surface area contributed by atoms with E-state index in [9.17, 15) is 0 Å². The summed E-state index contributed by atoms with van der Waals surface area (Å²) in [6.45, 7) is 4.70. The van der Waals surface area contributed by atoms with Crippen LogP contribution in [0.2, 0.25) is 0 Å². The third-order valence-corrected chi connectivity index (χ3v) is 2.19. The van der Waals surface area contributed by atoms with Crippen molar-refractivity contribution in [2.75, 3.05) is 5.73 Å². The Hall–Kier alpha value is -1.98. The first-order chi connectivity index (χ1) is 7.24. The maximum absolute atomic E-state index is 5.73. The Bertz CT molecular complexity index is 475. The van der Waals surface area contributed by atoms with E-state index in [1.807, 2.05) is 18.4 Å². The second-order valence-corrected chi connectivity index (χ2v) is 3.11. The van der Waals surface area contributed by atoms with E-state index in [2.05, 4.69) is 20.2 Å². The van der Waals surface area contributed by atoms with Crippen molar-refractivity contribution in [1.82, 2.24) is 24.7 Å². The third-order valence-electron chi connectivity index (χ3n) is 2.19. The molecule has 0 saturated carbocycles. The first-order valence-corrected chi connectivity index (χ1v) is 4.70. The third kappa shape index (κ3) is 1.54. The molecule has 2 N–H and O–H groups in total. The minimum absolute atomic E-state index is 0.375. The quantitative estimate of drug-likeness (QED) is 0.776. The zero-order valence-corrected chi connectivity index (χ0v) is 8.68. The average Bonchev–Trinajstić information content (AvgIpc) is 2.60. The molecule has 0 amide bonds. The molecule has 0 aliphatic rings. The van der Waals surface area contributed by atoms with Crippen molar-refractivity contribution < 1.29 is 0 Å². The van der Waals surface area contributed by atoms with E-state index in [1.54, 1.807) is 12.4 Å². The van der Waals surface area contributed by atoms with Crippen LogP contribution in [-0.4, -0.2) is 24.7 Å². The highest BCUT2D eigenvalue weighted by atomic mass is 15.3. The zero-order chi connectivity index (χ0) is 10.8. The van der Waals surface area contributed by atoms with Gasteiger partial charge in [-0.2, -0.15) is 0 Å². The Morgan fingerprint density at radius 1 is 1.27 bits per heavy atom. The van der Waals surface area contributed by atoms with Crippen molar-refractivity contribution in [3.05, 3.63) is 18.2 Å². The molecule has 2 heterocycles. The highest BCUT2D eigenvalue weighted by Gasteiger charge is 2.13. The van der Waals surface area contributed by atoms with Gasteiger partial charge in [0.25, 0.3) is 0 Å². The van der Waals surface area contributed by atoms with Gasteiger partial charge in [0.05, 0.1) is 0 Å². The van der Waals surface area contributed by atoms with E-state index in [1.165, 1.54) is 0 Å². The first kappa shape index (κ1) is 9.57. The smallest absolute Gasteiger partial charge is 0.186 e. The number of aromatic nitrogens is 5. The van der Waals surface area contributed by atoms with Crippen LogP contribution in [0.15, 0.2) is 12.4 Å². The highest BCUT2D eigenvalue weighted by molar-refractivity contribution is 5.63. The molecule has 0 bridgehead atoms. The minimum atomic E-state index is 0.375. The standard InChI is InChI=1S/C9H12N6/c1-3-15-6(2)13-14-9(15)7-8(10)12-5-4-11-7/h4-5H,3H2,1-2H3,(H2,10,12). The molecule has 2 rings (SSSR count). The number of nitrogens with two attached hydrogens (primary N) is 1. The maximum Gasteiger partial charge on any atom is 0.186 e. The summed E-state index contributed by atoms with van der Waals surface area (Å²) >= 11 is 0. The van der Waals surface area contributed by atoms with Crippen molar-refractivity contribution in [3.8, 4) is 11.5 Å². The maximum atomic E-state index is 5.73. The number of hydrogen-bond acceptors (Lipinski definition) is 5. The van der Waals surface area contributed by atoms with Crippen LogP contribution in [0.3, 0.4) is 0 Å². The number of anilines is 1. The van der Waals surface area contributed by atoms with E-state index >= 15 is 0 Å². The lowest BCUT2D eigenvalue weighted by Crippen LogP contribution is -2.04. The van der Waals surface area contributed by atoms with Crippen LogP contribution in [0.1, 0.15) is 12.7 Å². The largest absolute Gasteiger partial charge is 0.382 e. The molecule has 0 spiro atoms. The predicted octanol–water partition coefficient (Wildman–Crippen LogP) is 0.646. The molecule has 0 aliphatic carbocycles. The average molecular weight is 204 g/mol. The number of hydrogen-bond donors (Lipinski definition) is 1. The number of rotatable bonds is 2. The van der Waals surface area contributed by atoms with Gasteiger partial charge < -0.3 is 10.3 Å². The first-order valence-electron chi connectivity index (χ1n) is 4.70. The minimum Gasteiger partial charge on any atom is -0.382 e. The lowest BCUT2D eigenvalue weighted by molar-refractivity contribution is 0.734. The zero-order valence-electron chi connectivity index (χ0n) is 8.68. The van der Waals surface area contributed by atoms with E-state index < -0.39 is 0 Å². The molecule has 78 valence electrons. The number of nitrogens with zero attached hydrogens (tertiary/aromatic N) is 5. The Labute approximate surface area is 87.2 Å². The number of nitrogen functional groups attached to an aromatic ring is 1. The molecular weight excluding hydrogens is 192 g/mol. The van der Waals surface area contributed by atoms with Crippen LogP contribution in [0.4, 0.5) is 5.82 Å². The van der Waals surface area contributed by atoms with E-state index in [0.717, 1.165) is 12.4 Å². The summed E-state index contributed by atoms with van der Waals surface area (Å²) in [7, 11) is 0. The Balaban J connectivity index is 2.59. The fourth-order valence-electron chi connectivity index (χ4n) is 1.46. The van der Waals surface area contributed by atoms with Gasteiger partial charge in [-0.25, -0.2) is 9.97 Å². The molecule has 2 aromatic rings. The molecule has 2 aromatic heterocycles. The summed E-state index contributed by atoms with van der Waals surface area (Å²) in [6.07, 6.45) is 3.15. The fourth-order valence-corrected chi connectivity index (χ4v) is 1.46. The monoisotopic (exact) mass is 204 g/mol. The molecule has 0 radical (unpaired) electrons. The van der Waals surface area contributed by atoms with E-state index in [-0.39, 0.29) is 0 Å². The molecular formula is C9H12N6. The number of aryl methyl sites for hydroxylation is 1. The van der Waals surface area contributed by atoms with Crippen LogP contribution < -0.4 is 5.73 Å². The second-order valence-electron chi connectivity index (χ2n) is 3.11. The second kappa shape index (κ2) is 3.64. The molecule has 15 heavy (non-hydrogen) atoms.